The van der Waals surface area contributed by atoms with E-state index in [0.29, 0.717) is 0 Å². The fourth-order valence-electron chi connectivity index (χ4n) is 2.13. The summed E-state index contributed by atoms with van der Waals surface area (Å²) < 4.78 is 0. The molecule has 1 atom stereocenters. The first-order chi connectivity index (χ1) is 8.41. The van der Waals surface area contributed by atoms with Gasteiger partial charge in [-0.15, -0.1) is 0 Å². The SMILES string of the molecule is CCCCCCCCCCCCCCC#CP. The molecule has 0 aliphatic carbocycles. The quantitative estimate of drug-likeness (QED) is 0.230. The smallest absolute Gasteiger partial charge is 0.00919 e. The number of hydrogen-bond acceptors (Lipinski definition) is 0. The van der Waals surface area contributed by atoms with E-state index in [1.165, 1.54) is 77.0 Å². The molecule has 0 amide bonds. The molecule has 0 nitrogen and oxygen atoms in total. The van der Waals surface area contributed by atoms with Crippen LogP contribution < -0.4 is 0 Å². The Morgan fingerprint density at radius 1 is 0.647 bits per heavy atom. The lowest BCUT2D eigenvalue weighted by Gasteiger charge is -2.01. The Hall–Kier alpha value is -0.0100. The Labute approximate surface area is 112 Å². The van der Waals surface area contributed by atoms with Crippen LogP contribution in [0.5, 0.6) is 0 Å². The molecule has 0 heterocycles. The van der Waals surface area contributed by atoms with Crippen molar-refractivity contribution in [2.45, 2.75) is 90.4 Å². The summed E-state index contributed by atoms with van der Waals surface area (Å²) in [7, 11) is 2.46. The molecule has 0 fully saturated rings. The maximum absolute atomic E-state index is 3.10. The largest absolute Gasteiger partial charge is 0.0992 e. The normalized spacial score (nSPS) is 10.0. The second-order valence-corrected chi connectivity index (χ2v) is 5.25. The predicted octanol–water partition coefficient (Wildman–Crippen LogP) is 5.91. The van der Waals surface area contributed by atoms with Crippen molar-refractivity contribution in [1.82, 2.24) is 0 Å². The molecule has 0 aromatic rings. The minimum Gasteiger partial charge on any atom is -0.0992 e. The highest BCUT2D eigenvalue weighted by molar-refractivity contribution is 7.23. The summed E-state index contributed by atoms with van der Waals surface area (Å²) in [6, 6.07) is 0. The fourth-order valence-corrected chi connectivity index (χ4v) is 2.27. The second kappa shape index (κ2) is 16.0. The van der Waals surface area contributed by atoms with Crippen LogP contribution in [0.3, 0.4) is 0 Å². The van der Waals surface area contributed by atoms with E-state index in [1.807, 2.05) is 0 Å². The molecule has 0 aliphatic heterocycles. The van der Waals surface area contributed by atoms with Crippen LogP contribution >= 0.6 is 9.24 Å². The lowest BCUT2D eigenvalue weighted by atomic mass is 10.0. The average Bonchev–Trinajstić information content (AvgIpc) is 2.35. The van der Waals surface area contributed by atoms with E-state index >= 15 is 0 Å². The molecule has 0 saturated carbocycles. The van der Waals surface area contributed by atoms with E-state index < -0.39 is 0 Å². The van der Waals surface area contributed by atoms with Gasteiger partial charge in [0.25, 0.3) is 0 Å². The Kier molecular flexibility index (Phi) is 16.0. The van der Waals surface area contributed by atoms with Gasteiger partial charge in [-0.05, 0) is 6.42 Å². The van der Waals surface area contributed by atoms with Gasteiger partial charge in [0.05, 0.1) is 0 Å². The highest BCUT2D eigenvalue weighted by atomic mass is 31.0. The van der Waals surface area contributed by atoms with Gasteiger partial charge in [-0.3, -0.25) is 0 Å². The molecule has 1 unspecified atom stereocenters. The lowest BCUT2D eigenvalue weighted by Crippen LogP contribution is -1.82. The molecular formula is C16H31P. The van der Waals surface area contributed by atoms with Gasteiger partial charge in [-0.2, -0.15) is 0 Å². The van der Waals surface area contributed by atoms with E-state index in [4.69, 9.17) is 0 Å². The van der Waals surface area contributed by atoms with Crippen molar-refractivity contribution in [1.29, 1.82) is 0 Å². The van der Waals surface area contributed by atoms with Gasteiger partial charge in [-0.1, -0.05) is 98.4 Å². The summed E-state index contributed by atoms with van der Waals surface area (Å²) in [5.74, 6) is 3.10. The van der Waals surface area contributed by atoms with Gasteiger partial charge in [0, 0.05) is 6.42 Å². The highest BCUT2D eigenvalue weighted by Crippen LogP contribution is 2.12. The van der Waals surface area contributed by atoms with Crippen molar-refractivity contribution >= 4 is 9.24 Å². The van der Waals surface area contributed by atoms with Crippen LogP contribution in [0, 0.1) is 11.6 Å². The minimum atomic E-state index is 1.08. The van der Waals surface area contributed by atoms with Crippen LogP contribution in [0.1, 0.15) is 90.4 Å². The first-order valence-corrected chi connectivity index (χ1v) is 8.18. The standard InChI is InChI=1S/C16H31P/c1-2-3-4-5-6-7-8-9-10-11-12-13-14-15-16-17/h2-14,17H2,1H3. The van der Waals surface area contributed by atoms with Crippen molar-refractivity contribution in [3.63, 3.8) is 0 Å². The van der Waals surface area contributed by atoms with Crippen LogP contribution in [0.15, 0.2) is 0 Å². The Morgan fingerprint density at radius 2 is 1.06 bits per heavy atom. The molecule has 0 N–H and O–H groups in total. The van der Waals surface area contributed by atoms with Gasteiger partial charge in [-0.25, -0.2) is 0 Å². The Bertz CT molecular complexity index is 187. The van der Waals surface area contributed by atoms with Crippen molar-refractivity contribution in [2.75, 3.05) is 0 Å². The molecule has 0 rings (SSSR count). The van der Waals surface area contributed by atoms with Crippen LogP contribution in [-0.2, 0) is 0 Å². The molecule has 0 spiro atoms. The fraction of sp³-hybridized carbons (Fsp3) is 0.875. The zero-order valence-electron chi connectivity index (χ0n) is 11.8. The van der Waals surface area contributed by atoms with Gasteiger partial charge >= 0.3 is 0 Å². The van der Waals surface area contributed by atoms with Gasteiger partial charge < -0.3 is 0 Å². The third kappa shape index (κ3) is 16.0. The van der Waals surface area contributed by atoms with Gasteiger partial charge in [0.1, 0.15) is 0 Å². The molecule has 0 aromatic carbocycles. The van der Waals surface area contributed by atoms with E-state index in [2.05, 4.69) is 27.7 Å². The Morgan fingerprint density at radius 3 is 1.47 bits per heavy atom. The second-order valence-electron chi connectivity index (χ2n) is 4.96. The first kappa shape index (κ1) is 17.0. The van der Waals surface area contributed by atoms with E-state index in [1.54, 1.807) is 0 Å². The Balaban J connectivity index is 2.91. The number of rotatable bonds is 12. The number of hydrogen-bond donors (Lipinski definition) is 0. The average molecular weight is 254 g/mol. The molecule has 100 valence electrons. The summed E-state index contributed by atoms with van der Waals surface area (Å²) in [5, 5.41) is 0. The topological polar surface area (TPSA) is 0 Å². The van der Waals surface area contributed by atoms with Crippen LogP contribution in [0.4, 0.5) is 0 Å². The van der Waals surface area contributed by atoms with E-state index in [9.17, 15) is 0 Å². The molecular weight excluding hydrogens is 223 g/mol. The van der Waals surface area contributed by atoms with Gasteiger partial charge in [0.2, 0.25) is 0 Å². The van der Waals surface area contributed by atoms with E-state index in [0.717, 1.165) is 6.42 Å². The molecule has 0 saturated heterocycles. The third-order valence-electron chi connectivity index (χ3n) is 3.26. The first-order valence-electron chi connectivity index (χ1n) is 7.60. The summed E-state index contributed by atoms with van der Waals surface area (Å²) in [6.45, 7) is 2.28. The van der Waals surface area contributed by atoms with Crippen molar-refractivity contribution in [3.05, 3.63) is 0 Å². The maximum atomic E-state index is 3.10. The van der Waals surface area contributed by atoms with Crippen LogP contribution in [0.25, 0.3) is 0 Å². The minimum absolute atomic E-state index is 1.08. The molecule has 0 aromatic heterocycles. The maximum Gasteiger partial charge on any atom is 0.00919 e. The van der Waals surface area contributed by atoms with Crippen molar-refractivity contribution in [2.24, 2.45) is 0 Å². The summed E-state index contributed by atoms with van der Waals surface area (Å²) >= 11 is 0. The van der Waals surface area contributed by atoms with Crippen molar-refractivity contribution < 1.29 is 0 Å². The molecule has 0 radical (unpaired) electrons. The van der Waals surface area contributed by atoms with Crippen LogP contribution in [-0.4, -0.2) is 0 Å². The van der Waals surface area contributed by atoms with Crippen molar-refractivity contribution in [3.8, 4) is 11.6 Å². The van der Waals surface area contributed by atoms with E-state index in [-0.39, 0.29) is 0 Å². The zero-order chi connectivity index (χ0) is 12.6. The third-order valence-corrected chi connectivity index (χ3v) is 3.46. The molecule has 0 bridgehead atoms. The zero-order valence-corrected chi connectivity index (χ0v) is 12.9. The molecule has 1 heteroatoms. The number of unbranched alkanes of at least 4 members (excludes halogenated alkanes) is 12. The highest BCUT2D eigenvalue weighted by Gasteiger charge is 1.92. The predicted molar refractivity (Wildman–Crippen MR) is 83.2 cm³/mol. The van der Waals surface area contributed by atoms with Gasteiger partial charge in [0.15, 0.2) is 0 Å². The van der Waals surface area contributed by atoms with Crippen LogP contribution in [0.2, 0.25) is 0 Å². The summed E-state index contributed by atoms with van der Waals surface area (Å²) in [6.07, 6.45) is 18.1. The monoisotopic (exact) mass is 254 g/mol. The summed E-state index contributed by atoms with van der Waals surface area (Å²) in [5.41, 5.74) is 2.87. The summed E-state index contributed by atoms with van der Waals surface area (Å²) in [4.78, 5) is 0. The molecule has 17 heavy (non-hydrogen) atoms. The lowest BCUT2D eigenvalue weighted by molar-refractivity contribution is 0.545. The molecule has 0 aliphatic rings.